The second-order valence-electron chi connectivity index (χ2n) is 4.52. The fourth-order valence-electron chi connectivity index (χ4n) is 1.71. The highest BCUT2D eigenvalue weighted by molar-refractivity contribution is 7.87. The van der Waals surface area contributed by atoms with E-state index in [0.717, 1.165) is 8.28 Å². The molecule has 0 aliphatic rings. The van der Waals surface area contributed by atoms with Gasteiger partial charge in [0.05, 0.1) is 16.9 Å². The van der Waals surface area contributed by atoms with Crippen molar-refractivity contribution in [3.05, 3.63) is 40.3 Å². The van der Waals surface area contributed by atoms with Crippen LogP contribution < -0.4 is 5.73 Å². The Balaban J connectivity index is 2.69. The van der Waals surface area contributed by atoms with E-state index in [1.54, 1.807) is 18.2 Å². The molecular weight excluding hydrogens is 367 g/mol. The number of nitrogens with two attached hydrogens (primary N) is 1. The van der Waals surface area contributed by atoms with E-state index in [-0.39, 0.29) is 10.8 Å². The van der Waals surface area contributed by atoms with Gasteiger partial charge >= 0.3 is 10.2 Å². The van der Waals surface area contributed by atoms with Crippen molar-refractivity contribution in [3.63, 3.8) is 0 Å². The van der Waals surface area contributed by atoms with Crippen LogP contribution in [0.25, 0.3) is 11.3 Å². The molecule has 6 nitrogen and oxygen atoms in total. The van der Waals surface area contributed by atoms with Gasteiger partial charge in [-0.05, 0) is 18.2 Å². The van der Waals surface area contributed by atoms with Crippen LogP contribution in [0.2, 0.25) is 10.0 Å². The Morgan fingerprint density at radius 1 is 1.36 bits per heavy atom. The third-order valence-corrected chi connectivity index (χ3v) is 5.24. The zero-order chi connectivity index (χ0) is 16.7. The summed E-state index contributed by atoms with van der Waals surface area (Å²) >= 11 is 16.9. The lowest BCUT2D eigenvalue weighted by atomic mass is 10.2. The number of imidazole rings is 1. The number of halogens is 2. The molecule has 2 aromatic rings. The largest absolute Gasteiger partial charge is 0.387 e. The standard InChI is InChI=1S/C12H12Cl2N4O2S2/c1-17(2)22(19,20)18-6-10(16-12(18)11(15)21)8-4-3-7(13)5-9(8)14/h3-6H,1-2H3,(H2,15,21). The molecule has 0 fully saturated rings. The molecule has 0 saturated heterocycles. The lowest BCUT2D eigenvalue weighted by molar-refractivity contribution is 0.510. The summed E-state index contributed by atoms with van der Waals surface area (Å²) in [6.07, 6.45) is 1.32. The molecule has 0 amide bonds. The van der Waals surface area contributed by atoms with Gasteiger partial charge in [-0.3, -0.25) is 0 Å². The van der Waals surface area contributed by atoms with E-state index in [0.29, 0.717) is 21.3 Å². The first kappa shape index (κ1) is 17.2. The molecule has 0 saturated carbocycles. The second kappa shape index (κ2) is 6.13. The van der Waals surface area contributed by atoms with E-state index in [2.05, 4.69) is 4.98 Å². The molecule has 0 atom stereocenters. The Hall–Kier alpha value is -1.19. The third-order valence-electron chi connectivity index (χ3n) is 2.81. The van der Waals surface area contributed by atoms with Gasteiger partial charge in [0.15, 0.2) is 5.82 Å². The van der Waals surface area contributed by atoms with Crippen molar-refractivity contribution in [1.29, 1.82) is 0 Å². The van der Waals surface area contributed by atoms with Gasteiger partial charge in [-0.2, -0.15) is 12.7 Å². The molecule has 0 spiro atoms. The molecule has 1 heterocycles. The quantitative estimate of drug-likeness (QED) is 0.824. The van der Waals surface area contributed by atoms with Crippen LogP contribution in [0.1, 0.15) is 5.82 Å². The molecule has 0 aliphatic heterocycles. The van der Waals surface area contributed by atoms with Gasteiger partial charge in [-0.15, -0.1) is 0 Å². The van der Waals surface area contributed by atoms with E-state index >= 15 is 0 Å². The molecule has 22 heavy (non-hydrogen) atoms. The third kappa shape index (κ3) is 3.11. The Morgan fingerprint density at radius 3 is 2.50 bits per heavy atom. The maximum absolute atomic E-state index is 12.3. The highest BCUT2D eigenvalue weighted by Gasteiger charge is 2.24. The molecule has 0 bridgehead atoms. The SMILES string of the molecule is CN(C)S(=O)(=O)n1cc(-c2ccc(Cl)cc2Cl)nc1C(N)=S. The number of aromatic nitrogens is 2. The van der Waals surface area contributed by atoms with Crippen LogP contribution in [-0.4, -0.2) is 40.8 Å². The lowest BCUT2D eigenvalue weighted by Crippen LogP contribution is -2.31. The summed E-state index contributed by atoms with van der Waals surface area (Å²) in [5.74, 6) is -0.0373. The van der Waals surface area contributed by atoms with E-state index in [4.69, 9.17) is 41.2 Å². The molecule has 0 aliphatic carbocycles. The monoisotopic (exact) mass is 378 g/mol. The van der Waals surface area contributed by atoms with Gasteiger partial charge < -0.3 is 5.73 Å². The summed E-state index contributed by atoms with van der Waals surface area (Å²) in [5.41, 5.74) is 6.43. The van der Waals surface area contributed by atoms with E-state index in [1.165, 1.54) is 20.3 Å². The topological polar surface area (TPSA) is 81.2 Å². The normalized spacial score (nSPS) is 11.9. The van der Waals surface area contributed by atoms with Gasteiger partial charge in [0.2, 0.25) is 0 Å². The first-order valence-corrected chi connectivity index (χ1v) is 8.48. The van der Waals surface area contributed by atoms with Crippen molar-refractivity contribution in [2.24, 2.45) is 5.73 Å². The summed E-state index contributed by atoms with van der Waals surface area (Å²) in [6.45, 7) is 0. The van der Waals surface area contributed by atoms with Crippen molar-refractivity contribution >= 4 is 50.6 Å². The van der Waals surface area contributed by atoms with Crippen molar-refractivity contribution < 1.29 is 8.42 Å². The van der Waals surface area contributed by atoms with Crippen LogP contribution in [0.4, 0.5) is 0 Å². The van der Waals surface area contributed by atoms with Crippen LogP contribution in [0.5, 0.6) is 0 Å². The lowest BCUT2D eigenvalue weighted by Gasteiger charge is -2.13. The molecule has 0 radical (unpaired) electrons. The molecule has 2 N–H and O–H groups in total. The van der Waals surface area contributed by atoms with E-state index in [9.17, 15) is 8.42 Å². The highest BCUT2D eigenvalue weighted by Crippen LogP contribution is 2.30. The first-order valence-electron chi connectivity index (χ1n) is 5.92. The number of benzene rings is 1. The number of rotatable bonds is 4. The summed E-state index contributed by atoms with van der Waals surface area (Å²) in [7, 11) is -1.02. The van der Waals surface area contributed by atoms with Crippen LogP contribution in [0.15, 0.2) is 24.4 Å². The van der Waals surface area contributed by atoms with E-state index in [1.807, 2.05) is 0 Å². The average Bonchev–Trinajstić information content (AvgIpc) is 2.84. The van der Waals surface area contributed by atoms with Crippen molar-refractivity contribution in [3.8, 4) is 11.3 Å². The maximum Gasteiger partial charge on any atom is 0.308 e. The Labute approximate surface area is 143 Å². The predicted octanol–water partition coefficient (Wildman–Crippen LogP) is 2.15. The predicted molar refractivity (Wildman–Crippen MR) is 91.6 cm³/mol. The molecule has 1 aromatic heterocycles. The molecule has 118 valence electrons. The summed E-state index contributed by atoms with van der Waals surface area (Å²) in [6, 6.07) is 4.81. The zero-order valence-electron chi connectivity index (χ0n) is 11.6. The minimum Gasteiger partial charge on any atom is -0.387 e. The molecule has 0 unspecified atom stereocenters. The van der Waals surface area contributed by atoms with Crippen molar-refractivity contribution in [1.82, 2.24) is 13.3 Å². The summed E-state index contributed by atoms with van der Waals surface area (Å²) in [5, 5.41) is 0.803. The van der Waals surface area contributed by atoms with Crippen LogP contribution >= 0.6 is 35.4 Å². The van der Waals surface area contributed by atoms with Crippen LogP contribution in [-0.2, 0) is 10.2 Å². The van der Waals surface area contributed by atoms with Gasteiger partial charge in [0.1, 0.15) is 4.99 Å². The molecule has 10 heteroatoms. The maximum atomic E-state index is 12.3. The van der Waals surface area contributed by atoms with Gasteiger partial charge in [0.25, 0.3) is 0 Å². The molecular formula is C12H12Cl2N4O2S2. The fourth-order valence-corrected chi connectivity index (χ4v) is 3.36. The Bertz CT molecular complexity index is 847. The summed E-state index contributed by atoms with van der Waals surface area (Å²) < 4.78 is 26.6. The van der Waals surface area contributed by atoms with Crippen LogP contribution in [0, 0.1) is 0 Å². The Morgan fingerprint density at radius 2 is 2.00 bits per heavy atom. The summed E-state index contributed by atoms with van der Waals surface area (Å²) in [4.78, 5) is 4.05. The minimum atomic E-state index is -3.81. The number of hydrogen-bond acceptors (Lipinski definition) is 4. The minimum absolute atomic E-state index is 0.0373. The highest BCUT2D eigenvalue weighted by atomic mass is 35.5. The van der Waals surface area contributed by atoms with Crippen LogP contribution in [0.3, 0.4) is 0 Å². The van der Waals surface area contributed by atoms with Gasteiger partial charge in [0, 0.05) is 24.7 Å². The average molecular weight is 379 g/mol. The number of nitrogens with zero attached hydrogens (tertiary/aromatic N) is 3. The number of hydrogen-bond donors (Lipinski definition) is 1. The van der Waals surface area contributed by atoms with Crippen molar-refractivity contribution in [2.75, 3.05) is 14.1 Å². The molecule has 2 rings (SSSR count). The molecule has 1 aromatic carbocycles. The zero-order valence-corrected chi connectivity index (χ0v) is 14.8. The second-order valence-corrected chi connectivity index (χ2v) is 7.83. The van der Waals surface area contributed by atoms with Gasteiger partial charge in [-0.25, -0.2) is 8.96 Å². The fraction of sp³-hybridized carbons (Fsp3) is 0.167. The smallest absolute Gasteiger partial charge is 0.308 e. The Kier molecular flexibility index (Phi) is 4.78. The van der Waals surface area contributed by atoms with Gasteiger partial charge in [-0.1, -0.05) is 35.4 Å². The number of thiocarbonyl (C=S) groups is 1. The van der Waals surface area contributed by atoms with E-state index < -0.39 is 10.2 Å². The van der Waals surface area contributed by atoms with Crippen molar-refractivity contribution in [2.45, 2.75) is 0 Å². The first-order chi connectivity index (χ1) is 10.1.